The summed E-state index contributed by atoms with van der Waals surface area (Å²) in [6.45, 7) is 6.02. The molecule has 0 N–H and O–H groups in total. The Hall–Kier alpha value is -1.62. The lowest BCUT2D eigenvalue weighted by molar-refractivity contribution is 0.462. The van der Waals surface area contributed by atoms with Gasteiger partial charge in [0, 0.05) is 22.7 Å². The van der Waals surface area contributed by atoms with Crippen LogP contribution in [0, 0.1) is 5.92 Å². The Morgan fingerprint density at radius 2 is 2.10 bits per heavy atom. The van der Waals surface area contributed by atoms with Crippen LogP contribution in [0.25, 0.3) is 10.9 Å². The molecule has 1 aromatic carbocycles. The number of hydrogen-bond acceptors (Lipinski definition) is 2. The van der Waals surface area contributed by atoms with E-state index in [0.717, 1.165) is 23.4 Å². The van der Waals surface area contributed by atoms with Crippen molar-refractivity contribution in [2.45, 2.75) is 26.9 Å². The van der Waals surface area contributed by atoms with Gasteiger partial charge in [0.2, 0.25) is 0 Å². The fourth-order valence-corrected chi connectivity index (χ4v) is 2.71. The molecule has 0 saturated carbocycles. The molecule has 0 radical (unpaired) electrons. The average molecular weight is 333 g/mol. The second-order valence-electron chi connectivity index (χ2n) is 5.40. The van der Waals surface area contributed by atoms with Crippen LogP contribution >= 0.6 is 15.9 Å². The number of nitrogens with zero attached hydrogens (tertiary/aromatic N) is 4. The number of fused-ring (bicyclic) bond motifs is 1. The molecule has 3 aromatic rings. The maximum absolute atomic E-state index is 4.39. The molecule has 0 amide bonds. The Bertz CT molecular complexity index is 726. The van der Waals surface area contributed by atoms with Gasteiger partial charge in [-0.05, 0) is 29.5 Å². The maximum atomic E-state index is 4.39. The van der Waals surface area contributed by atoms with Gasteiger partial charge in [0.05, 0.1) is 6.54 Å². The molecule has 0 atom stereocenters. The van der Waals surface area contributed by atoms with Gasteiger partial charge in [-0.3, -0.25) is 0 Å². The molecule has 104 valence electrons. The van der Waals surface area contributed by atoms with Gasteiger partial charge < -0.3 is 4.57 Å². The summed E-state index contributed by atoms with van der Waals surface area (Å²) in [5.41, 5.74) is 1.21. The van der Waals surface area contributed by atoms with Crippen molar-refractivity contribution in [3.8, 4) is 0 Å². The van der Waals surface area contributed by atoms with E-state index in [1.165, 1.54) is 10.9 Å². The first kappa shape index (κ1) is 13.4. The summed E-state index contributed by atoms with van der Waals surface area (Å²) in [5.74, 6) is 1.56. The van der Waals surface area contributed by atoms with E-state index in [1.807, 2.05) is 4.68 Å². The van der Waals surface area contributed by atoms with E-state index in [-0.39, 0.29) is 0 Å². The third kappa shape index (κ3) is 2.63. The number of rotatable bonds is 4. The van der Waals surface area contributed by atoms with E-state index in [9.17, 15) is 0 Å². The number of hydrogen-bond donors (Lipinski definition) is 0. The quantitative estimate of drug-likeness (QED) is 0.730. The summed E-state index contributed by atoms with van der Waals surface area (Å²) in [4.78, 5) is 4.39. The van der Waals surface area contributed by atoms with Crippen LogP contribution in [0.3, 0.4) is 0 Å². The zero-order valence-corrected chi connectivity index (χ0v) is 13.2. The predicted octanol–water partition coefficient (Wildman–Crippen LogP) is 3.70. The normalized spacial score (nSPS) is 11.6. The number of aromatic nitrogens is 4. The van der Waals surface area contributed by atoms with Crippen molar-refractivity contribution in [1.29, 1.82) is 0 Å². The SMILES string of the molecule is CC(C)Cn1ncnc1Cn1ccc2ccc(Br)cc21. The number of halogens is 1. The molecule has 2 aromatic heterocycles. The zero-order chi connectivity index (χ0) is 14.1. The smallest absolute Gasteiger partial charge is 0.146 e. The topological polar surface area (TPSA) is 35.6 Å². The van der Waals surface area contributed by atoms with Gasteiger partial charge in [0.15, 0.2) is 0 Å². The van der Waals surface area contributed by atoms with Crippen molar-refractivity contribution in [2.75, 3.05) is 0 Å². The van der Waals surface area contributed by atoms with Crippen LogP contribution in [-0.2, 0) is 13.1 Å². The van der Waals surface area contributed by atoms with E-state index >= 15 is 0 Å². The lowest BCUT2D eigenvalue weighted by Gasteiger charge is -2.10. The molecule has 0 unspecified atom stereocenters. The summed E-state index contributed by atoms with van der Waals surface area (Å²) in [5, 5.41) is 5.56. The highest BCUT2D eigenvalue weighted by Gasteiger charge is 2.09. The second kappa shape index (κ2) is 5.40. The molecule has 4 nitrogen and oxygen atoms in total. The van der Waals surface area contributed by atoms with Crippen LogP contribution < -0.4 is 0 Å². The number of benzene rings is 1. The van der Waals surface area contributed by atoms with E-state index in [2.05, 4.69) is 74.9 Å². The largest absolute Gasteiger partial charge is 0.340 e. The standard InChI is InChI=1S/C15H17BrN4/c1-11(2)8-20-15(17-10-18-20)9-19-6-5-12-3-4-13(16)7-14(12)19/h3-7,10-11H,8-9H2,1-2H3. The van der Waals surface area contributed by atoms with Crippen molar-refractivity contribution in [2.24, 2.45) is 5.92 Å². The van der Waals surface area contributed by atoms with E-state index in [4.69, 9.17) is 0 Å². The van der Waals surface area contributed by atoms with Crippen molar-refractivity contribution in [3.05, 3.63) is 47.1 Å². The molecule has 20 heavy (non-hydrogen) atoms. The summed E-state index contributed by atoms with van der Waals surface area (Å²) in [6, 6.07) is 8.45. The van der Waals surface area contributed by atoms with Gasteiger partial charge in [0.1, 0.15) is 12.2 Å². The lowest BCUT2D eigenvalue weighted by atomic mass is 10.2. The fourth-order valence-electron chi connectivity index (χ4n) is 2.36. The second-order valence-corrected chi connectivity index (χ2v) is 6.31. The monoisotopic (exact) mass is 332 g/mol. The highest BCUT2D eigenvalue weighted by Crippen LogP contribution is 2.21. The Morgan fingerprint density at radius 3 is 2.90 bits per heavy atom. The Kier molecular flexibility index (Phi) is 3.61. The maximum Gasteiger partial charge on any atom is 0.146 e. The van der Waals surface area contributed by atoms with Gasteiger partial charge in [0.25, 0.3) is 0 Å². The Morgan fingerprint density at radius 1 is 1.25 bits per heavy atom. The molecule has 0 fully saturated rings. The Labute approximate surface area is 126 Å². The molecule has 0 aliphatic rings. The fraction of sp³-hybridized carbons (Fsp3) is 0.333. The molecule has 3 rings (SSSR count). The minimum atomic E-state index is 0.561. The first-order chi connectivity index (χ1) is 9.63. The van der Waals surface area contributed by atoms with Crippen LogP contribution in [-0.4, -0.2) is 19.3 Å². The van der Waals surface area contributed by atoms with Crippen LogP contribution in [0.4, 0.5) is 0 Å². The van der Waals surface area contributed by atoms with Crippen LogP contribution in [0.15, 0.2) is 41.3 Å². The van der Waals surface area contributed by atoms with Crippen LogP contribution in [0.1, 0.15) is 19.7 Å². The van der Waals surface area contributed by atoms with Gasteiger partial charge >= 0.3 is 0 Å². The van der Waals surface area contributed by atoms with Gasteiger partial charge in [-0.15, -0.1) is 0 Å². The van der Waals surface area contributed by atoms with Gasteiger partial charge in [-0.25, -0.2) is 9.67 Å². The molecule has 0 saturated heterocycles. The molecule has 2 heterocycles. The van der Waals surface area contributed by atoms with E-state index in [1.54, 1.807) is 6.33 Å². The molecule has 0 spiro atoms. The Balaban J connectivity index is 1.93. The summed E-state index contributed by atoms with van der Waals surface area (Å²) >= 11 is 3.53. The van der Waals surface area contributed by atoms with Gasteiger partial charge in [-0.2, -0.15) is 5.10 Å². The first-order valence-electron chi connectivity index (χ1n) is 6.74. The zero-order valence-electron chi connectivity index (χ0n) is 11.6. The minimum Gasteiger partial charge on any atom is -0.340 e. The molecule has 0 aliphatic heterocycles. The molecule has 0 bridgehead atoms. The van der Waals surface area contributed by atoms with Crippen molar-refractivity contribution in [1.82, 2.24) is 19.3 Å². The van der Waals surface area contributed by atoms with Crippen molar-refractivity contribution in [3.63, 3.8) is 0 Å². The highest BCUT2D eigenvalue weighted by atomic mass is 79.9. The van der Waals surface area contributed by atoms with Crippen LogP contribution in [0.2, 0.25) is 0 Å². The van der Waals surface area contributed by atoms with Crippen LogP contribution in [0.5, 0.6) is 0 Å². The first-order valence-corrected chi connectivity index (χ1v) is 7.54. The van der Waals surface area contributed by atoms with Crippen molar-refractivity contribution < 1.29 is 0 Å². The average Bonchev–Trinajstić information content (AvgIpc) is 2.98. The summed E-state index contributed by atoms with van der Waals surface area (Å²) < 4.78 is 5.30. The van der Waals surface area contributed by atoms with Gasteiger partial charge in [-0.1, -0.05) is 35.8 Å². The molecular weight excluding hydrogens is 316 g/mol. The molecular formula is C15H17BrN4. The summed E-state index contributed by atoms with van der Waals surface area (Å²) in [7, 11) is 0. The lowest BCUT2D eigenvalue weighted by Crippen LogP contribution is -2.12. The minimum absolute atomic E-state index is 0.561. The molecule has 5 heteroatoms. The predicted molar refractivity (Wildman–Crippen MR) is 83.6 cm³/mol. The summed E-state index contributed by atoms with van der Waals surface area (Å²) in [6.07, 6.45) is 3.74. The molecule has 0 aliphatic carbocycles. The van der Waals surface area contributed by atoms with E-state index < -0.39 is 0 Å². The van der Waals surface area contributed by atoms with E-state index in [0.29, 0.717) is 5.92 Å². The third-order valence-electron chi connectivity index (χ3n) is 3.28. The third-order valence-corrected chi connectivity index (χ3v) is 3.77. The van der Waals surface area contributed by atoms with Crippen molar-refractivity contribution >= 4 is 26.8 Å². The highest BCUT2D eigenvalue weighted by molar-refractivity contribution is 9.10.